The third kappa shape index (κ3) is 3.30. The van der Waals surface area contributed by atoms with Gasteiger partial charge in [0.15, 0.2) is 5.82 Å². The molecule has 1 heterocycles. The van der Waals surface area contributed by atoms with E-state index in [4.69, 9.17) is 9.47 Å². The molecule has 0 aromatic carbocycles. The molecule has 0 atom stereocenters. The zero-order valence-electron chi connectivity index (χ0n) is 10.4. The van der Waals surface area contributed by atoms with Gasteiger partial charge in [-0.15, -0.1) is 0 Å². The van der Waals surface area contributed by atoms with E-state index in [0.717, 1.165) is 5.82 Å². The van der Waals surface area contributed by atoms with Crippen molar-refractivity contribution < 1.29 is 9.47 Å². The molecular weight excluding hydrogens is 218 g/mol. The molecule has 0 unspecified atom stereocenters. The maximum absolute atomic E-state index is 5.16. The Kier molecular flexibility index (Phi) is 4.14. The van der Waals surface area contributed by atoms with Crippen LogP contribution in [0.2, 0.25) is 0 Å². The van der Waals surface area contributed by atoms with Gasteiger partial charge < -0.3 is 14.8 Å². The van der Waals surface area contributed by atoms with Crippen LogP contribution in [-0.4, -0.2) is 30.2 Å². The number of hydrogen-bond acceptors (Lipinski definition) is 5. The van der Waals surface area contributed by atoms with Crippen LogP contribution in [0.5, 0.6) is 5.88 Å². The Morgan fingerprint density at radius 1 is 1.29 bits per heavy atom. The topological polar surface area (TPSA) is 56.3 Å². The summed E-state index contributed by atoms with van der Waals surface area (Å²) in [4.78, 5) is 8.63. The molecule has 1 saturated carbocycles. The number of nitrogens with zero attached hydrogens (tertiary/aromatic N) is 2. The number of methoxy groups -OCH3 is 2. The molecule has 17 heavy (non-hydrogen) atoms. The minimum absolute atomic E-state index is 0.399. The van der Waals surface area contributed by atoms with Gasteiger partial charge in [0.2, 0.25) is 5.88 Å². The second kappa shape index (κ2) is 5.82. The average Bonchev–Trinajstić information content (AvgIpc) is 2.82. The van der Waals surface area contributed by atoms with Crippen molar-refractivity contribution in [3.8, 4) is 5.88 Å². The van der Waals surface area contributed by atoms with Crippen LogP contribution in [0.1, 0.15) is 31.5 Å². The van der Waals surface area contributed by atoms with E-state index in [1.54, 1.807) is 14.2 Å². The van der Waals surface area contributed by atoms with Crippen LogP contribution in [0.3, 0.4) is 0 Å². The first-order valence-corrected chi connectivity index (χ1v) is 5.99. The van der Waals surface area contributed by atoms with Gasteiger partial charge in [-0.2, -0.15) is 4.98 Å². The molecule has 5 heteroatoms. The van der Waals surface area contributed by atoms with Crippen molar-refractivity contribution in [1.82, 2.24) is 9.97 Å². The summed E-state index contributed by atoms with van der Waals surface area (Å²) in [6.45, 7) is 0.399. The van der Waals surface area contributed by atoms with Crippen molar-refractivity contribution in [2.75, 3.05) is 19.5 Å². The van der Waals surface area contributed by atoms with Crippen molar-refractivity contribution in [2.45, 2.75) is 38.3 Å². The first-order valence-electron chi connectivity index (χ1n) is 5.99. The second-order valence-corrected chi connectivity index (χ2v) is 4.27. The van der Waals surface area contributed by atoms with Crippen LogP contribution in [0.15, 0.2) is 6.07 Å². The molecule has 1 aliphatic carbocycles. The van der Waals surface area contributed by atoms with Gasteiger partial charge in [0.05, 0.1) is 7.11 Å². The predicted octanol–water partition coefficient (Wildman–Crippen LogP) is 1.99. The molecule has 0 spiro atoms. The van der Waals surface area contributed by atoms with E-state index < -0.39 is 0 Å². The Morgan fingerprint density at radius 3 is 2.71 bits per heavy atom. The van der Waals surface area contributed by atoms with Crippen molar-refractivity contribution >= 4 is 5.82 Å². The first kappa shape index (κ1) is 12.1. The predicted molar refractivity (Wildman–Crippen MR) is 65.2 cm³/mol. The molecule has 0 bridgehead atoms. The molecule has 0 saturated heterocycles. The zero-order chi connectivity index (χ0) is 12.1. The summed E-state index contributed by atoms with van der Waals surface area (Å²) >= 11 is 0. The zero-order valence-corrected chi connectivity index (χ0v) is 10.4. The lowest BCUT2D eigenvalue weighted by Crippen LogP contribution is -2.16. The summed E-state index contributed by atoms with van der Waals surface area (Å²) in [5, 5.41) is 3.43. The fourth-order valence-electron chi connectivity index (χ4n) is 2.12. The summed E-state index contributed by atoms with van der Waals surface area (Å²) < 4.78 is 10.2. The maximum Gasteiger partial charge on any atom is 0.218 e. The normalized spacial score (nSPS) is 16.1. The van der Waals surface area contributed by atoms with Gasteiger partial charge >= 0.3 is 0 Å². The van der Waals surface area contributed by atoms with Crippen molar-refractivity contribution in [1.29, 1.82) is 0 Å². The number of aromatic nitrogens is 2. The largest absolute Gasteiger partial charge is 0.481 e. The molecule has 2 rings (SSSR count). The molecule has 1 fully saturated rings. The number of nitrogens with one attached hydrogen (secondary N) is 1. The number of ether oxygens (including phenoxy) is 2. The van der Waals surface area contributed by atoms with E-state index >= 15 is 0 Å². The van der Waals surface area contributed by atoms with E-state index in [9.17, 15) is 0 Å². The number of anilines is 1. The SMILES string of the molecule is COCc1nc(NC2CCCC2)cc(OC)n1. The van der Waals surface area contributed by atoms with Crippen LogP contribution in [0.25, 0.3) is 0 Å². The second-order valence-electron chi connectivity index (χ2n) is 4.27. The standard InChI is InChI=1S/C12H19N3O2/c1-16-8-11-14-10(7-12(15-11)17-2)13-9-5-3-4-6-9/h7,9H,3-6,8H2,1-2H3,(H,13,14,15). The highest BCUT2D eigenvalue weighted by Crippen LogP contribution is 2.22. The van der Waals surface area contributed by atoms with Crippen molar-refractivity contribution in [2.24, 2.45) is 0 Å². The van der Waals surface area contributed by atoms with Gasteiger partial charge in [-0.1, -0.05) is 12.8 Å². The first-order chi connectivity index (χ1) is 8.31. The summed E-state index contributed by atoms with van der Waals surface area (Å²) in [6.07, 6.45) is 5.02. The van der Waals surface area contributed by atoms with E-state index in [2.05, 4.69) is 15.3 Å². The summed E-state index contributed by atoms with van der Waals surface area (Å²) in [5.74, 6) is 2.05. The van der Waals surface area contributed by atoms with Crippen LogP contribution in [-0.2, 0) is 11.3 Å². The van der Waals surface area contributed by atoms with Crippen molar-refractivity contribution in [3.05, 3.63) is 11.9 Å². The molecule has 1 aliphatic rings. The van der Waals surface area contributed by atoms with Gasteiger partial charge in [-0.3, -0.25) is 0 Å². The Hall–Kier alpha value is -1.36. The highest BCUT2D eigenvalue weighted by molar-refractivity contribution is 5.39. The Balaban J connectivity index is 2.10. The molecular formula is C12H19N3O2. The van der Waals surface area contributed by atoms with E-state index in [0.29, 0.717) is 24.4 Å². The van der Waals surface area contributed by atoms with Gasteiger partial charge in [0.25, 0.3) is 0 Å². The monoisotopic (exact) mass is 237 g/mol. The van der Waals surface area contributed by atoms with Gasteiger partial charge in [-0.25, -0.2) is 4.98 Å². The quantitative estimate of drug-likeness (QED) is 0.848. The highest BCUT2D eigenvalue weighted by Gasteiger charge is 2.16. The molecule has 0 radical (unpaired) electrons. The van der Waals surface area contributed by atoms with Crippen LogP contribution >= 0.6 is 0 Å². The fourth-order valence-corrected chi connectivity index (χ4v) is 2.12. The number of rotatable bonds is 5. The molecule has 1 N–H and O–H groups in total. The molecule has 0 amide bonds. The van der Waals surface area contributed by atoms with E-state index in [1.807, 2.05) is 6.07 Å². The van der Waals surface area contributed by atoms with Crippen LogP contribution < -0.4 is 10.1 Å². The summed E-state index contributed by atoms with van der Waals surface area (Å²) in [7, 11) is 3.24. The van der Waals surface area contributed by atoms with E-state index in [-0.39, 0.29) is 0 Å². The summed E-state index contributed by atoms with van der Waals surface area (Å²) in [6, 6.07) is 2.36. The lowest BCUT2D eigenvalue weighted by Gasteiger charge is -2.14. The molecule has 1 aromatic rings. The molecule has 1 aromatic heterocycles. The Morgan fingerprint density at radius 2 is 2.06 bits per heavy atom. The number of hydrogen-bond donors (Lipinski definition) is 1. The minimum Gasteiger partial charge on any atom is -0.481 e. The van der Waals surface area contributed by atoms with Crippen LogP contribution in [0, 0.1) is 0 Å². The molecule has 5 nitrogen and oxygen atoms in total. The lowest BCUT2D eigenvalue weighted by atomic mass is 10.2. The highest BCUT2D eigenvalue weighted by atomic mass is 16.5. The average molecular weight is 237 g/mol. The third-order valence-electron chi connectivity index (χ3n) is 2.94. The minimum atomic E-state index is 0.399. The lowest BCUT2D eigenvalue weighted by molar-refractivity contribution is 0.177. The van der Waals surface area contributed by atoms with E-state index in [1.165, 1.54) is 25.7 Å². The van der Waals surface area contributed by atoms with Gasteiger partial charge in [0, 0.05) is 19.2 Å². The fraction of sp³-hybridized carbons (Fsp3) is 0.667. The van der Waals surface area contributed by atoms with Crippen LogP contribution in [0.4, 0.5) is 5.82 Å². The van der Waals surface area contributed by atoms with Gasteiger partial charge in [-0.05, 0) is 12.8 Å². The summed E-state index contributed by atoms with van der Waals surface area (Å²) in [5.41, 5.74) is 0. The molecule has 0 aliphatic heterocycles. The maximum atomic E-state index is 5.16. The van der Waals surface area contributed by atoms with Crippen molar-refractivity contribution in [3.63, 3.8) is 0 Å². The Bertz CT molecular complexity index is 365. The third-order valence-corrected chi connectivity index (χ3v) is 2.94. The molecule has 94 valence electrons. The Labute approximate surface area is 102 Å². The van der Waals surface area contributed by atoms with Gasteiger partial charge in [0.1, 0.15) is 12.4 Å². The smallest absolute Gasteiger partial charge is 0.218 e.